The standard InChI is InChI=1S/C10H9N3OS.C9H13N3.C2H6/c1-3-8-12-10-9(15-8)6(4-11)7(5-14)13(10)2;1-12-6-7-3-2-4-9(11)8(7)5-10;1-2/h3-5,11H,1H2,2H3;2-5,10,12H,6,11H2,1H3;1-2H3. The molecule has 7 nitrogen and oxygen atoms in total. The van der Waals surface area contributed by atoms with Gasteiger partial charge in [-0.2, -0.15) is 0 Å². The largest absolute Gasteiger partial charge is 0.398 e. The van der Waals surface area contributed by atoms with Gasteiger partial charge in [-0.3, -0.25) is 4.79 Å². The molecule has 2 heterocycles. The van der Waals surface area contributed by atoms with Gasteiger partial charge in [-0.05, 0) is 24.8 Å². The van der Waals surface area contributed by atoms with Crippen molar-refractivity contribution in [3.05, 3.63) is 52.2 Å². The molecule has 2 aromatic heterocycles. The third-order valence-corrected chi connectivity index (χ3v) is 5.07. The maximum absolute atomic E-state index is 10.9. The van der Waals surface area contributed by atoms with Crippen molar-refractivity contribution in [2.24, 2.45) is 7.05 Å². The van der Waals surface area contributed by atoms with Gasteiger partial charge in [0.2, 0.25) is 0 Å². The molecule has 0 unspecified atom stereocenters. The third kappa shape index (κ3) is 5.24. The van der Waals surface area contributed by atoms with Crippen LogP contribution in [0.4, 0.5) is 5.69 Å². The molecule has 0 saturated carbocycles. The van der Waals surface area contributed by atoms with Crippen LogP contribution in [0, 0.1) is 10.8 Å². The van der Waals surface area contributed by atoms with E-state index in [0.29, 0.717) is 16.9 Å². The van der Waals surface area contributed by atoms with E-state index in [1.54, 1.807) is 23.8 Å². The van der Waals surface area contributed by atoms with Gasteiger partial charge in [-0.1, -0.05) is 32.6 Å². The molecule has 1 aromatic carbocycles. The number of rotatable bonds is 6. The highest BCUT2D eigenvalue weighted by molar-refractivity contribution is 7.19. The number of thiazole rings is 1. The Hall–Kier alpha value is -3.10. The Morgan fingerprint density at radius 3 is 2.45 bits per heavy atom. The van der Waals surface area contributed by atoms with Crippen LogP contribution in [0.25, 0.3) is 16.4 Å². The number of benzene rings is 1. The third-order valence-electron chi connectivity index (χ3n) is 4.00. The maximum atomic E-state index is 10.9. The number of fused-ring (bicyclic) bond motifs is 1. The highest BCUT2D eigenvalue weighted by atomic mass is 32.1. The Kier molecular flexibility index (Phi) is 9.64. The second-order valence-electron chi connectivity index (χ2n) is 5.62. The van der Waals surface area contributed by atoms with Crippen molar-refractivity contribution >= 4 is 52.2 Å². The van der Waals surface area contributed by atoms with E-state index in [0.717, 1.165) is 39.3 Å². The fourth-order valence-electron chi connectivity index (χ4n) is 2.66. The van der Waals surface area contributed by atoms with Crippen LogP contribution in [-0.4, -0.2) is 35.3 Å². The van der Waals surface area contributed by atoms with Crippen LogP contribution in [-0.2, 0) is 13.6 Å². The number of nitrogen functional groups attached to an aromatic ring is 1. The van der Waals surface area contributed by atoms with Crippen molar-refractivity contribution in [1.82, 2.24) is 14.9 Å². The van der Waals surface area contributed by atoms with Crippen LogP contribution < -0.4 is 11.1 Å². The van der Waals surface area contributed by atoms with Gasteiger partial charge in [0.15, 0.2) is 11.9 Å². The van der Waals surface area contributed by atoms with Crippen LogP contribution in [0.2, 0.25) is 0 Å². The Labute approximate surface area is 175 Å². The van der Waals surface area contributed by atoms with E-state index in [2.05, 4.69) is 16.9 Å². The van der Waals surface area contributed by atoms with Crippen LogP contribution in [0.3, 0.4) is 0 Å². The van der Waals surface area contributed by atoms with Gasteiger partial charge in [0, 0.05) is 42.8 Å². The van der Waals surface area contributed by atoms with Crippen LogP contribution >= 0.6 is 11.3 Å². The number of nitrogens with one attached hydrogen (secondary N) is 3. The molecule has 0 amide bonds. The molecule has 0 bridgehead atoms. The first-order chi connectivity index (χ1) is 14.0. The minimum Gasteiger partial charge on any atom is -0.398 e. The Bertz CT molecular complexity index is 1000. The molecule has 29 heavy (non-hydrogen) atoms. The summed E-state index contributed by atoms with van der Waals surface area (Å²) in [5.74, 6) is 0. The summed E-state index contributed by atoms with van der Waals surface area (Å²) in [6, 6.07) is 5.67. The fourth-order valence-corrected chi connectivity index (χ4v) is 3.64. The number of hydrogen-bond acceptors (Lipinski definition) is 7. The van der Waals surface area contributed by atoms with E-state index in [9.17, 15) is 4.79 Å². The second-order valence-corrected chi connectivity index (χ2v) is 6.65. The SMILES string of the molecule is C=Cc1nc2c(s1)c(C=N)c(C=O)n2C.CC.CNCc1cccc(N)c1C=N. The number of hydrogen-bond donors (Lipinski definition) is 4. The summed E-state index contributed by atoms with van der Waals surface area (Å²) in [5.41, 5.74) is 10.1. The summed E-state index contributed by atoms with van der Waals surface area (Å²) in [5, 5.41) is 18.3. The van der Waals surface area contributed by atoms with Crippen molar-refractivity contribution in [1.29, 1.82) is 10.8 Å². The molecule has 3 rings (SSSR count). The average Bonchev–Trinajstić information content (AvgIpc) is 3.27. The van der Waals surface area contributed by atoms with Gasteiger partial charge >= 0.3 is 0 Å². The molecular formula is C21H28N6OS. The predicted octanol–water partition coefficient (Wildman–Crippen LogP) is 4.10. The molecule has 0 atom stereocenters. The molecule has 0 aliphatic heterocycles. The zero-order valence-corrected chi connectivity index (χ0v) is 18.1. The quantitative estimate of drug-likeness (QED) is 0.277. The topological polar surface area (TPSA) is 121 Å². The first-order valence-corrected chi connectivity index (χ1v) is 9.93. The lowest BCUT2D eigenvalue weighted by atomic mass is 10.1. The van der Waals surface area contributed by atoms with Crippen molar-refractivity contribution < 1.29 is 4.79 Å². The van der Waals surface area contributed by atoms with E-state index >= 15 is 0 Å². The molecule has 0 aliphatic carbocycles. The summed E-state index contributed by atoms with van der Waals surface area (Å²) in [4.78, 5) is 15.2. The number of carbonyl (C=O) groups is 1. The average molecular weight is 413 g/mol. The van der Waals surface area contributed by atoms with Crippen LogP contribution in [0.5, 0.6) is 0 Å². The zero-order chi connectivity index (χ0) is 22.0. The fraction of sp³-hybridized carbons (Fsp3) is 0.238. The first kappa shape index (κ1) is 23.9. The van der Waals surface area contributed by atoms with Crippen LogP contribution in [0.15, 0.2) is 24.8 Å². The van der Waals surface area contributed by atoms with Gasteiger partial charge in [-0.15, -0.1) is 11.3 Å². The smallest absolute Gasteiger partial charge is 0.167 e. The molecule has 154 valence electrons. The van der Waals surface area contributed by atoms with Gasteiger partial charge in [0.05, 0.1) is 10.4 Å². The molecule has 0 spiro atoms. The van der Waals surface area contributed by atoms with Crippen molar-refractivity contribution in [2.45, 2.75) is 20.4 Å². The van der Waals surface area contributed by atoms with Gasteiger partial charge in [-0.25, -0.2) is 4.98 Å². The molecule has 0 saturated heterocycles. The lowest BCUT2D eigenvalue weighted by molar-refractivity contribution is 0.111. The number of carbonyl (C=O) groups excluding carboxylic acids is 1. The monoisotopic (exact) mass is 412 g/mol. The number of nitrogens with zero attached hydrogens (tertiary/aromatic N) is 2. The lowest BCUT2D eigenvalue weighted by Crippen LogP contribution is -2.08. The number of aromatic nitrogens is 2. The van der Waals surface area contributed by atoms with E-state index in [1.165, 1.54) is 23.8 Å². The Morgan fingerprint density at radius 2 is 1.93 bits per heavy atom. The molecule has 0 aliphatic rings. The zero-order valence-electron chi connectivity index (χ0n) is 17.2. The molecular weight excluding hydrogens is 384 g/mol. The number of aryl methyl sites for hydroxylation is 1. The summed E-state index contributed by atoms with van der Waals surface area (Å²) in [7, 11) is 3.64. The summed E-state index contributed by atoms with van der Waals surface area (Å²) >= 11 is 1.44. The molecule has 0 radical (unpaired) electrons. The number of nitrogens with two attached hydrogens (primary N) is 1. The number of aldehydes is 1. The minimum atomic E-state index is 0.495. The van der Waals surface area contributed by atoms with Gasteiger partial charge < -0.3 is 26.4 Å². The summed E-state index contributed by atoms with van der Waals surface area (Å²) in [6.45, 7) is 8.39. The Balaban J connectivity index is 0.000000273. The Morgan fingerprint density at radius 1 is 1.28 bits per heavy atom. The molecule has 8 heteroatoms. The maximum Gasteiger partial charge on any atom is 0.167 e. The van der Waals surface area contributed by atoms with Crippen molar-refractivity contribution in [3.8, 4) is 0 Å². The first-order valence-electron chi connectivity index (χ1n) is 9.12. The highest BCUT2D eigenvalue weighted by Gasteiger charge is 2.16. The highest BCUT2D eigenvalue weighted by Crippen LogP contribution is 2.29. The lowest BCUT2D eigenvalue weighted by Gasteiger charge is -2.06. The second kappa shape index (κ2) is 11.7. The van der Waals surface area contributed by atoms with Gasteiger partial charge in [0.25, 0.3) is 0 Å². The van der Waals surface area contributed by atoms with E-state index < -0.39 is 0 Å². The molecule has 3 aromatic rings. The van der Waals surface area contributed by atoms with Crippen LogP contribution in [0.1, 0.15) is 46.0 Å². The summed E-state index contributed by atoms with van der Waals surface area (Å²) < 4.78 is 2.57. The normalized spacial score (nSPS) is 9.66. The van der Waals surface area contributed by atoms with Crippen molar-refractivity contribution in [2.75, 3.05) is 12.8 Å². The predicted molar refractivity (Wildman–Crippen MR) is 125 cm³/mol. The van der Waals surface area contributed by atoms with E-state index in [-0.39, 0.29) is 0 Å². The summed E-state index contributed by atoms with van der Waals surface area (Å²) in [6.07, 6.45) is 4.90. The van der Waals surface area contributed by atoms with E-state index in [4.69, 9.17) is 16.6 Å². The van der Waals surface area contributed by atoms with E-state index in [1.807, 2.05) is 33.0 Å². The minimum absolute atomic E-state index is 0.495. The number of anilines is 1. The molecule has 0 fully saturated rings. The molecule has 5 N–H and O–H groups in total. The van der Waals surface area contributed by atoms with Crippen molar-refractivity contribution in [3.63, 3.8) is 0 Å². The van der Waals surface area contributed by atoms with Gasteiger partial charge in [0.1, 0.15) is 5.01 Å².